The van der Waals surface area contributed by atoms with E-state index >= 15 is 0 Å². The van der Waals surface area contributed by atoms with Gasteiger partial charge in [-0.1, -0.05) is 54.9 Å². The minimum atomic E-state index is 0.308. The summed E-state index contributed by atoms with van der Waals surface area (Å²) in [4.78, 5) is 0. The van der Waals surface area contributed by atoms with Crippen molar-refractivity contribution in [2.75, 3.05) is 24.6 Å². The van der Waals surface area contributed by atoms with Gasteiger partial charge in [-0.2, -0.15) is 0 Å². The molecule has 0 saturated carbocycles. The molecule has 0 nitrogen and oxygen atoms in total. The summed E-state index contributed by atoms with van der Waals surface area (Å²) in [6, 6.07) is 0. The Morgan fingerprint density at radius 1 is 0.750 bits per heavy atom. The molecule has 1 rings (SSSR count). The standard InChI is InChI=1S/C18H38P2/c1-8-15(5)18(17(7)14(3)4)20-12-10-19(11-13-20)16(6)9-2/h14-18H,8-13H2,1-7H3. The van der Waals surface area contributed by atoms with Crippen molar-refractivity contribution in [3.8, 4) is 0 Å². The highest BCUT2D eigenvalue weighted by Crippen LogP contribution is 2.59. The summed E-state index contributed by atoms with van der Waals surface area (Å²) < 4.78 is 0. The number of hydrogen-bond donors (Lipinski definition) is 0. The maximum absolute atomic E-state index is 2.54. The summed E-state index contributed by atoms with van der Waals surface area (Å²) in [5.41, 5.74) is 2.05. The first kappa shape index (κ1) is 18.9. The van der Waals surface area contributed by atoms with Crippen LogP contribution in [0.4, 0.5) is 0 Å². The van der Waals surface area contributed by atoms with E-state index in [0.717, 1.165) is 29.1 Å². The van der Waals surface area contributed by atoms with Gasteiger partial charge in [0.2, 0.25) is 0 Å². The number of rotatable bonds is 7. The van der Waals surface area contributed by atoms with E-state index in [1.807, 2.05) is 0 Å². The first-order valence-electron chi connectivity index (χ1n) is 8.90. The van der Waals surface area contributed by atoms with Crippen LogP contribution in [0.3, 0.4) is 0 Å². The average Bonchev–Trinajstić information content (AvgIpc) is 2.46. The lowest BCUT2D eigenvalue weighted by molar-refractivity contribution is 0.335. The molecule has 1 heterocycles. The minimum Gasteiger partial charge on any atom is -0.103 e. The summed E-state index contributed by atoms with van der Waals surface area (Å²) in [5.74, 6) is 2.71. The largest absolute Gasteiger partial charge is 0.103 e. The molecule has 20 heavy (non-hydrogen) atoms. The molecule has 0 aromatic carbocycles. The van der Waals surface area contributed by atoms with Crippen LogP contribution in [-0.2, 0) is 0 Å². The van der Waals surface area contributed by atoms with Gasteiger partial charge in [-0.15, -0.1) is 15.8 Å². The van der Waals surface area contributed by atoms with Crippen LogP contribution in [0.2, 0.25) is 0 Å². The van der Waals surface area contributed by atoms with Crippen LogP contribution in [0.5, 0.6) is 0 Å². The molecular weight excluding hydrogens is 278 g/mol. The summed E-state index contributed by atoms with van der Waals surface area (Å²) in [6.45, 7) is 17.2. The van der Waals surface area contributed by atoms with Gasteiger partial charge in [0.25, 0.3) is 0 Å². The van der Waals surface area contributed by atoms with Crippen LogP contribution < -0.4 is 0 Å². The molecule has 0 N–H and O–H groups in total. The Morgan fingerprint density at radius 3 is 1.65 bits per heavy atom. The monoisotopic (exact) mass is 316 g/mol. The molecule has 0 bridgehead atoms. The molecule has 4 atom stereocenters. The van der Waals surface area contributed by atoms with E-state index in [1.54, 1.807) is 24.6 Å². The quantitative estimate of drug-likeness (QED) is 0.472. The second kappa shape index (κ2) is 9.10. The Balaban J connectivity index is 2.66. The maximum atomic E-state index is 2.54. The second-order valence-electron chi connectivity index (χ2n) is 7.31. The highest BCUT2D eigenvalue weighted by molar-refractivity contribution is 7.66. The van der Waals surface area contributed by atoms with Gasteiger partial charge in [0, 0.05) is 0 Å². The van der Waals surface area contributed by atoms with Gasteiger partial charge in [-0.05, 0) is 60.1 Å². The van der Waals surface area contributed by atoms with E-state index < -0.39 is 0 Å². The zero-order valence-corrected chi connectivity index (χ0v) is 16.8. The van der Waals surface area contributed by atoms with Crippen LogP contribution in [0.1, 0.15) is 61.3 Å². The molecule has 1 aliphatic heterocycles. The van der Waals surface area contributed by atoms with Gasteiger partial charge >= 0.3 is 0 Å². The van der Waals surface area contributed by atoms with Crippen LogP contribution in [-0.4, -0.2) is 36.0 Å². The average molecular weight is 316 g/mol. The van der Waals surface area contributed by atoms with Crippen LogP contribution >= 0.6 is 15.8 Å². The highest BCUT2D eigenvalue weighted by atomic mass is 31.1. The summed E-state index contributed by atoms with van der Waals surface area (Å²) in [6.07, 6.45) is 9.15. The van der Waals surface area contributed by atoms with Crippen LogP contribution in [0.25, 0.3) is 0 Å². The molecule has 2 heteroatoms. The molecular formula is C18H38P2. The first-order chi connectivity index (χ1) is 9.42. The van der Waals surface area contributed by atoms with Crippen molar-refractivity contribution in [1.82, 2.24) is 0 Å². The van der Waals surface area contributed by atoms with E-state index in [4.69, 9.17) is 0 Å². The van der Waals surface area contributed by atoms with Crippen LogP contribution in [0.15, 0.2) is 0 Å². The smallest absolute Gasteiger partial charge is 0.0155 e. The molecule has 1 aliphatic rings. The van der Waals surface area contributed by atoms with E-state index in [9.17, 15) is 0 Å². The van der Waals surface area contributed by atoms with Crippen LogP contribution in [0, 0.1) is 17.8 Å². The van der Waals surface area contributed by atoms with E-state index in [0.29, 0.717) is 15.8 Å². The fraction of sp³-hybridized carbons (Fsp3) is 1.00. The second-order valence-corrected chi connectivity index (χ2v) is 12.9. The SMILES string of the molecule is CCC(C)C(C(C)C(C)C)P1CCP(C(C)CC)CC1. The molecule has 0 aliphatic carbocycles. The van der Waals surface area contributed by atoms with Crippen molar-refractivity contribution in [1.29, 1.82) is 0 Å². The maximum Gasteiger partial charge on any atom is -0.0155 e. The summed E-state index contributed by atoms with van der Waals surface area (Å²) in [7, 11) is 0.681. The molecule has 1 saturated heterocycles. The lowest BCUT2D eigenvalue weighted by Crippen LogP contribution is -2.31. The Morgan fingerprint density at radius 2 is 1.25 bits per heavy atom. The van der Waals surface area contributed by atoms with E-state index in [2.05, 4.69) is 48.5 Å². The van der Waals surface area contributed by atoms with E-state index in [1.165, 1.54) is 12.8 Å². The van der Waals surface area contributed by atoms with Gasteiger partial charge in [-0.3, -0.25) is 0 Å². The molecule has 0 radical (unpaired) electrons. The molecule has 120 valence electrons. The van der Waals surface area contributed by atoms with E-state index in [-0.39, 0.29) is 0 Å². The van der Waals surface area contributed by atoms with Crippen molar-refractivity contribution in [2.24, 2.45) is 17.8 Å². The predicted molar refractivity (Wildman–Crippen MR) is 100 cm³/mol. The fourth-order valence-electron chi connectivity index (χ4n) is 3.58. The van der Waals surface area contributed by atoms with Gasteiger partial charge in [0.1, 0.15) is 0 Å². The lowest BCUT2D eigenvalue weighted by Gasteiger charge is -2.43. The molecule has 0 aromatic rings. The fourth-order valence-corrected chi connectivity index (χ4v) is 12.1. The third-order valence-electron chi connectivity index (χ3n) is 5.80. The highest BCUT2D eigenvalue weighted by Gasteiger charge is 2.34. The van der Waals surface area contributed by atoms with Gasteiger partial charge in [-0.25, -0.2) is 0 Å². The molecule has 0 aromatic heterocycles. The third kappa shape index (κ3) is 4.95. The van der Waals surface area contributed by atoms with Crippen molar-refractivity contribution < 1.29 is 0 Å². The summed E-state index contributed by atoms with van der Waals surface area (Å²) in [5, 5.41) is 0. The van der Waals surface area contributed by atoms with Gasteiger partial charge in [0.15, 0.2) is 0 Å². The summed E-state index contributed by atoms with van der Waals surface area (Å²) >= 11 is 0. The van der Waals surface area contributed by atoms with Gasteiger partial charge < -0.3 is 0 Å². The van der Waals surface area contributed by atoms with Crippen molar-refractivity contribution in [3.63, 3.8) is 0 Å². The third-order valence-corrected chi connectivity index (χ3v) is 13.1. The molecule has 0 amide bonds. The van der Waals surface area contributed by atoms with Crippen molar-refractivity contribution in [2.45, 2.75) is 72.6 Å². The Bertz CT molecular complexity index is 256. The lowest BCUT2D eigenvalue weighted by atomic mass is 9.87. The normalized spacial score (nSPS) is 30.0. The Hall–Kier alpha value is 0.860. The molecule has 1 fully saturated rings. The Kier molecular flexibility index (Phi) is 8.60. The first-order valence-corrected chi connectivity index (χ1v) is 12.5. The molecule has 0 spiro atoms. The predicted octanol–water partition coefficient (Wildman–Crippen LogP) is 6.47. The zero-order chi connectivity index (χ0) is 15.3. The minimum absolute atomic E-state index is 0.308. The van der Waals surface area contributed by atoms with Gasteiger partial charge in [0.05, 0.1) is 0 Å². The zero-order valence-electron chi connectivity index (χ0n) is 15.0. The molecule has 4 unspecified atom stereocenters. The number of hydrogen-bond acceptors (Lipinski definition) is 0. The van der Waals surface area contributed by atoms with Crippen molar-refractivity contribution >= 4 is 15.8 Å². The van der Waals surface area contributed by atoms with Crippen molar-refractivity contribution in [3.05, 3.63) is 0 Å². The Labute approximate surface area is 131 Å². The topological polar surface area (TPSA) is 0 Å².